The SMILES string of the molecule is COc1cc(Nc2nc(N)c(-c3nc(-c4cccc(Br)c4)cs3)s2)cc(OC)c1OC. The van der Waals surface area contributed by atoms with Gasteiger partial charge in [-0.05, 0) is 12.1 Å². The molecule has 0 fully saturated rings. The Hall–Kier alpha value is -2.82. The van der Waals surface area contributed by atoms with E-state index in [0.717, 1.165) is 31.3 Å². The first-order valence-corrected chi connectivity index (χ1v) is 11.6. The predicted molar refractivity (Wildman–Crippen MR) is 130 cm³/mol. The number of nitrogens with zero attached hydrogens (tertiary/aromatic N) is 2. The molecule has 4 rings (SSSR count). The van der Waals surface area contributed by atoms with Gasteiger partial charge in [0, 0.05) is 33.2 Å². The third-order valence-electron chi connectivity index (χ3n) is 4.39. The molecule has 0 radical (unpaired) electrons. The zero-order chi connectivity index (χ0) is 22.0. The molecule has 0 unspecified atom stereocenters. The number of methoxy groups -OCH3 is 3. The molecule has 3 N–H and O–H groups in total. The highest BCUT2D eigenvalue weighted by molar-refractivity contribution is 9.10. The molecule has 31 heavy (non-hydrogen) atoms. The van der Waals surface area contributed by atoms with Gasteiger partial charge < -0.3 is 25.3 Å². The number of halogens is 1. The number of aromatic nitrogens is 2. The molecule has 2 aromatic carbocycles. The van der Waals surface area contributed by atoms with Gasteiger partial charge in [0.15, 0.2) is 16.6 Å². The number of rotatable bonds is 7. The van der Waals surface area contributed by atoms with Crippen LogP contribution in [0.4, 0.5) is 16.6 Å². The quantitative estimate of drug-likeness (QED) is 0.307. The van der Waals surface area contributed by atoms with Crippen LogP contribution in [0.3, 0.4) is 0 Å². The van der Waals surface area contributed by atoms with Gasteiger partial charge in [-0.3, -0.25) is 0 Å². The van der Waals surface area contributed by atoms with Crippen LogP contribution in [-0.4, -0.2) is 31.3 Å². The summed E-state index contributed by atoms with van der Waals surface area (Å²) >= 11 is 6.47. The van der Waals surface area contributed by atoms with E-state index < -0.39 is 0 Å². The van der Waals surface area contributed by atoms with Gasteiger partial charge in [0.1, 0.15) is 15.7 Å². The van der Waals surface area contributed by atoms with Gasteiger partial charge in [0.25, 0.3) is 0 Å². The molecular formula is C21H19BrN4O3S2. The summed E-state index contributed by atoms with van der Waals surface area (Å²) in [7, 11) is 4.72. The van der Waals surface area contributed by atoms with Crippen LogP contribution in [0.1, 0.15) is 0 Å². The first kappa shape index (κ1) is 21.4. The molecule has 0 saturated carbocycles. The summed E-state index contributed by atoms with van der Waals surface area (Å²) < 4.78 is 17.2. The van der Waals surface area contributed by atoms with E-state index in [0.29, 0.717) is 28.2 Å². The van der Waals surface area contributed by atoms with E-state index in [2.05, 4.69) is 26.2 Å². The monoisotopic (exact) mass is 518 g/mol. The van der Waals surface area contributed by atoms with Crippen LogP contribution in [0.25, 0.3) is 21.1 Å². The van der Waals surface area contributed by atoms with E-state index in [1.807, 2.05) is 41.8 Å². The molecular weight excluding hydrogens is 500 g/mol. The summed E-state index contributed by atoms with van der Waals surface area (Å²) in [6.07, 6.45) is 0. The zero-order valence-corrected chi connectivity index (χ0v) is 20.2. The number of nitrogens with one attached hydrogen (secondary N) is 1. The highest BCUT2D eigenvalue weighted by atomic mass is 79.9. The Balaban J connectivity index is 1.62. The first-order valence-electron chi connectivity index (χ1n) is 9.07. The van der Waals surface area contributed by atoms with Gasteiger partial charge in [-0.15, -0.1) is 11.3 Å². The molecule has 0 bridgehead atoms. The molecule has 0 amide bonds. The molecule has 2 aromatic heterocycles. The van der Waals surface area contributed by atoms with Gasteiger partial charge in [-0.25, -0.2) is 9.97 Å². The fourth-order valence-corrected chi connectivity index (χ4v) is 5.21. The van der Waals surface area contributed by atoms with Crippen molar-refractivity contribution in [3.8, 4) is 38.4 Å². The molecule has 0 aliphatic heterocycles. The summed E-state index contributed by atoms with van der Waals surface area (Å²) in [5.41, 5.74) is 8.88. The molecule has 0 spiro atoms. The minimum Gasteiger partial charge on any atom is -0.493 e. The molecule has 0 saturated heterocycles. The largest absolute Gasteiger partial charge is 0.493 e. The maximum atomic E-state index is 6.21. The Morgan fingerprint density at radius 1 is 1.00 bits per heavy atom. The molecule has 0 atom stereocenters. The molecule has 0 aliphatic carbocycles. The minimum absolute atomic E-state index is 0.426. The van der Waals surface area contributed by atoms with E-state index in [4.69, 9.17) is 24.9 Å². The Bertz CT molecular complexity index is 1200. The molecule has 4 aromatic rings. The van der Waals surface area contributed by atoms with Crippen LogP contribution in [0, 0.1) is 0 Å². The van der Waals surface area contributed by atoms with Crippen molar-refractivity contribution < 1.29 is 14.2 Å². The summed E-state index contributed by atoms with van der Waals surface area (Å²) in [5, 5.41) is 6.74. The lowest BCUT2D eigenvalue weighted by Crippen LogP contribution is -1.97. The number of benzene rings is 2. The van der Waals surface area contributed by atoms with Crippen LogP contribution >= 0.6 is 38.6 Å². The lowest BCUT2D eigenvalue weighted by molar-refractivity contribution is 0.324. The van der Waals surface area contributed by atoms with Crippen molar-refractivity contribution in [2.45, 2.75) is 0 Å². The van der Waals surface area contributed by atoms with Crippen molar-refractivity contribution in [1.82, 2.24) is 9.97 Å². The van der Waals surface area contributed by atoms with Gasteiger partial charge in [-0.2, -0.15) is 0 Å². The Labute approximate surface area is 196 Å². The highest BCUT2D eigenvalue weighted by Gasteiger charge is 2.17. The number of nitrogen functional groups attached to an aromatic ring is 1. The Morgan fingerprint density at radius 3 is 2.39 bits per heavy atom. The van der Waals surface area contributed by atoms with Crippen molar-refractivity contribution in [3.63, 3.8) is 0 Å². The van der Waals surface area contributed by atoms with E-state index in [9.17, 15) is 0 Å². The van der Waals surface area contributed by atoms with E-state index >= 15 is 0 Å². The van der Waals surface area contributed by atoms with Crippen molar-refractivity contribution >= 4 is 55.2 Å². The summed E-state index contributed by atoms with van der Waals surface area (Å²) in [4.78, 5) is 10.0. The fraction of sp³-hybridized carbons (Fsp3) is 0.143. The number of thiazole rings is 2. The van der Waals surface area contributed by atoms with Crippen LogP contribution in [0.15, 0.2) is 46.3 Å². The Morgan fingerprint density at radius 2 is 1.74 bits per heavy atom. The van der Waals surface area contributed by atoms with E-state index in [1.165, 1.54) is 22.7 Å². The average molecular weight is 519 g/mol. The lowest BCUT2D eigenvalue weighted by atomic mass is 10.2. The lowest BCUT2D eigenvalue weighted by Gasteiger charge is -2.14. The van der Waals surface area contributed by atoms with Crippen molar-refractivity contribution in [2.24, 2.45) is 0 Å². The second kappa shape index (κ2) is 9.13. The number of nitrogens with two attached hydrogens (primary N) is 1. The smallest absolute Gasteiger partial charge is 0.203 e. The van der Waals surface area contributed by atoms with Crippen molar-refractivity contribution in [2.75, 3.05) is 32.4 Å². The van der Waals surface area contributed by atoms with Crippen molar-refractivity contribution in [3.05, 3.63) is 46.3 Å². The third kappa shape index (κ3) is 4.46. The molecule has 10 heteroatoms. The summed E-state index contributed by atoms with van der Waals surface area (Å²) in [6.45, 7) is 0. The van der Waals surface area contributed by atoms with Gasteiger partial charge in [0.2, 0.25) is 5.75 Å². The molecule has 0 aliphatic rings. The second-order valence-electron chi connectivity index (χ2n) is 6.32. The second-order valence-corrected chi connectivity index (χ2v) is 9.09. The maximum absolute atomic E-state index is 6.21. The maximum Gasteiger partial charge on any atom is 0.203 e. The van der Waals surface area contributed by atoms with Crippen LogP contribution in [0.5, 0.6) is 17.2 Å². The van der Waals surface area contributed by atoms with Gasteiger partial charge >= 0.3 is 0 Å². The topological polar surface area (TPSA) is 91.5 Å². The number of hydrogen-bond donors (Lipinski definition) is 2. The van der Waals surface area contributed by atoms with E-state index in [1.54, 1.807) is 21.3 Å². The highest BCUT2D eigenvalue weighted by Crippen LogP contribution is 2.43. The Kier molecular flexibility index (Phi) is 6.30. The van der Waals surface area contributed by atoms with E-state index in [-0.39, 0.29) is 0 Å². The standard InChI is InChI=1S/C21H19BrN4O3S2/c1-27-15-8-13(9-16(28-2)17(15)29-3)24-21-26-19(23)18(31-21)20-25-14(10-30-20)11-5-4-6-12(22)7-11/h4-10H,23H2,1-3H3,(H,24,26). The van der Waals surface area contributed by atoms with Gasteiger partial charge in [0.05, 0.1) is 27.0 Å². The van der Waals surface area contributed by atoms with Crippen molar-refractivity contribution in [1.29, 1.82) is 0 Å². The summed E-state index contributed by atoms with van der Waals surface area (Å²) in [5.74, 6) is 2.05. The van der Waals surface area contributed by atoms with Crippen LogP contribution in [-0.2, 0) is 0 Å². The third-order valence-corrected chi connectivity index (χ3v) is 6.86. The molecule has 7 nitrogen and oxygen atoms in total. The average Bonchev–Trinajstić information content (AvgIpc) is 3.39. The van der Waals surface area contributed by atoms with Crippen LogP contribution in [0.2, 0.25) is 0 Å². The van der Waals surface area contributed by atoms with Crippen LogP contribution < -0.4 is 25.3 Å². The minimum atomic E-state index is 0.426. The number of anilines is 3. The zero-order valence-electron chi connectivity index (χ0n) is 16.9. The fourth-order valence-electron chi connectivity index (χ4n) is 2.97. The number of hydrogen-bond acceptors (Lipinski definition) is 9. The number of ether oxygens (including phenoxy) is 3. The normalized spacial score (nSPS) is 10.7. The first-order chi connectivity index (χ1) is 15.0. The molecule has 160 valence electrons. The molecule has 2 heterocycles. The van der Waals surface area contributed by atoms with Gasteiger partial charge in [-0.1, -0.05) is 39.4 Å². The predicted octanol–water partition coefficient (Wildman–Crippen LogP) is 6.05. The summed E-state index contributed by atoms with van der Waals surface area (Å²) in [6, 6.07) is 11.7.